The fourth-order valence-corrected chi connectivity index (χ4v) is 1.27. The molecule has 0 aliphatic rings. The van der Waals surface area contributed by atoms with Gasteiger partial charge in [-0.05, 0) is 18.6 Å². The summed E-state index contributed by atoms with van der Waals surface area (Å²) in [6, 6.07) is 3.08. The highest BCUT2D eigenvalue weighted by atomic mass is 19.1. The second kappa shape index (κ2) is 4.72. The summed E-state index contributed by atoms with van der Waals surface area (Å²) in [5, 5.41) is 0. The lowest BCUT2D eigenvalue weighted by atomic mass is 10.1. The molecule has 1 unspecified atom stereocenters. The van der Waals surface area contributed by atoms with Gasteiger partial charge in [0.05, 0.1) is 0 Å². The Kier molecular flexibility index (Phi) is 3.60. The van der Waals surface area contributed by atoms with Crippen LogP contribution in [-0.2, 0) is 4.74 Å². The SMILES string of the molecule is CCC(OC(N)=O)c1ccc(F)cc1F. The number of rotatable bonds is 3. The van der Waals surface area contributed by atoms with Gasteiger partial charge in [-0.15, -0.1) is 0 Å². The highest BCUT2D eigenvalue weighted by molar-refractivity contribution is 5.65. The fraction of sp³-hybridized carbons (Fsp3) is 0.300. The summed E-state index contributed by atoms with van der Waals surface area (Å²) in [5.41, 5.74) is 4.95. The van der Waals surface area contributed by atoms with Gasteiger partial charge in [0.15, 0.2) is 0 Å². The lowest BCUT2D eigenvalue weighted by Crippen LogP contribution is -2.17. The standard InChI is InChI=1S/C10H11F2NO2/c1-2-9(15-10(13)14)7-4-3-6(11)5-8(7)12/h3-5,9H,2H2,1H3,(H2,13,14). The summed E-state index contributed by atoms with van der Waals surface area (Å²) < 4.78 is 30.6. The number of benzene rings is 1. The fourth-order valence-electron chi connectivity index (χ4n) is 1.27. The first-order valence-electron chi connectivity index (χ1n) is 4.45. The third kappa shape index (κ3) is 2.90. The molecule has 3 nitrogen and oxygen atoms in total. The zero-order chi connectivity index (χ0) is 11.4. The molecule has 0 spiro atoms. The van der Waals surface area contributed by atoms with E-state index < -0.39 is 23.8 Å². The van der Waals surface area contributed by atoms with Crippen LogP contribution in [-0.4, -0.2) is 6.09 Å². The average Bonchev–Trinajstić information content (AvgIpc) is 2.14. The zero-order valence-electron chi connectivity index (χ0n) is 8.17. The van der Waals surface area contributed by atoms with Crippen LogP contribution in [0.5, 0.6) is 0 Å². The van der Waals surface area contributed by atoms with E-state index in [4.69, 9.17) is 5.73 Å². The predicted molar refractivity (Wildman–Crippen MR) is 50.1 cm³/mol. The molecule has 0 aliphatic carbocycles. The van der Waals surface area contributed by atoms with Crippen LogP contribution < -0.4 is 5.73 Å². The first-order valence-corrected chi connectivity index (χ1v) is 4.45. The Hall–Kier alpha value is -1.65. The molecule has 0 radical (unpaired) electrons. The van der Waals surface area contributed by atoms with Crippen molar-refractivity contribution in [2.75, 3.05) is 0 Å². The molecule has 0 aromatic heterocycles. The quantitative estimate of drug-likeness (QED) is 0.842. The topological polar surface area (TPSA) is 52.3 Å². The smallest absolute Gasteiger partial charge is 0.405 e. The van der Waals surface area contributed by atoms with Crippen molar-refractivity contribution in [2.24, 2.45) is 5.73 Å². The van der Waals surface area contributed by atoms with Crippen LogP contribution in [0.25, 0.3) is 0 Å². The third-order valence-electron chi connectivity index (χ3n) is 1.94. The molecule has 0 bridgehead atoms. The van der Waals surface area contributed by atoms with Crippen LogP contribution in [0.1, 0.15) is 25.0 Å². The summed E-state index contributed by atoms with van der Waals surface area (Å²) in [7, 11) is 0. The van der Waals surface area contributed by atoms with E-state index >= 15 is 0 Å². The summed E-state index contributed by atoms with van der Waals surface area (Å²) in [6.07, 6.45) is -1.39. The van der Waals surface area contributed by atoms with E-state index in [9.17, 15) is 13.6 Å². The molecule has 1 atom stereocenters. The van der Waals surface area contributed by atoms with Gasteiger partial charge in [0.1, 0.15) is 17.7 Å². The first kappa shape index (κ1) is 11.4. The molecule has 2 N–H and O–H groups in total. The van der Waals surface area contributed by atoms with Gasteiger partial charge in [0.2, 0.25) is 0 Å². The Morgan fingerprint density at radius 3 is 2.67 bits per heavy atom. The maximum absolute atomic E-state index is 13.3. The summed E-state index contributed by atoms with van der Waals surface area (Å²) >= 11 is 0. The predicted octanol–water partition coefficient (Wildman–Crippen LogP) is 2.51. The van der Waals surface area contributed by atoms with Crippen LogP contribution in [0, 0.1) is 11.6 Å². The van der Waals surface area contributed by atoms with Crippen molar-refractivity contribution in [3.63, 3.8) is 0 Å². The molecule has 82 valence electrons. The molecule has 0 fully saturated rings. The number of carbonyl (C=O) groups excluding carboxylic acids is 1. The molecule has 1 aromatic rings. The Morgan fingerprint density at radius 2 is 2.20 bits per heavy atom. The van der Waals surface area contributed by atoms with Gasteiger partial charge < -0.3 is 10.5 Å². The average molecular weight is 215 g/mol. The number of halogens is 2. The number of carbonyl (C=O) groups is 1. The number of amides is 1. The maximum Gasteiger partial charge on any atom is 0.405 e. The monoisotopic (exact) mass is 215 g/mol. The van der Waals surface area contributed by atoms with Crippen LogP contribution in [0.2, 0.25) is 0 Å². The minimum Gasteiger partial charge on any atom is -0.441 e. The van der Waals surface area contributed by atoms with E-state index in [1.54, 1.807) is 6.92 Å². The number of ether oxygens (including phenoxy) is 1. The number of primary amides is 1. The second-order valence-electron chi connectivity index (χ2n) is 3.00. The van der Waals surface area contributed by atoms with Gasteiger partial charge in [0.25, 0.3) is 0 Å². The van der Waals surface area contributed by atoms with Crippen LogP contribution in [0.4, 0.5) is 13.6 Å². The lowest BCUT2D eigenvalue weighted by Gasteiger charge is -2.15. The number of hydrogen-bond acceptors (Lipinski definition) is 2. The Balaban J connectivity index is 2.96. The van der Waals surface area contributed by atoms with Gasteiger partial charge in [-0.2, -0.15) is 0 Å². The van der Waals surface area contributed by atoms with E-state index in [1.165, 1.54) is 6.07 Å². The molecule has 5 heteroatoms. The van der Waals surface area contributed by atoms with E-state index in [0.717, 1.165) is 12.1 Å². The lowest BCUT2D eigenvalue weighted by molar-refractivity contribution is 0.102. The first-order chi connectivity index (χ1) is 7.04. The van der Waals surface area contributed by atoms with Crippen LogP contribution in [0.15, 0.2) is 18.2 Å². The van der Waals surface area contributed by atoms with E-state index in [-0.39, 0.29) is 5.56 Å². The number of nitrogens with two attached hydrogens (primary N) is 1. The summed E-state index contributed by atoms with van der Waals surface area (Å²) in [4.78, 5) is 10.5. The molecular weight excluding hydrogens is 204 g/mol. The summed E-state index contributed by atoms with van der Waals surface area (Å²) in [6.45, 7) is 1.70. The van der Waals surface area contributed by atoms with E-state index in [2.05, 4.69) is 4.74 Å². The third-order valence-corrected chi connectivity index (χ3v) is 1.94. The highest BCUT2D eigenvalue weighted by Crippen LogP contribution is 2.24. The van der Waals surface area contributed by atoms with Gasteiger partial charge in [-0.25, -0.2) is 13.6 Å². The minimum absolute atomic E-state index is 0.123. The highest BCUT2D eigenvalue weighted by Gasteiger charge is 2.17. The molecule has 15 heavy (non-hydrogen) atoms. The van der Waals surface area contributed by atoms with Crippen LogP contribution >= 0.6 is 0 Å². The van der Waals surface area contributed by atoms with Gasteiger partial charge >= 0.3 is 6.09 Å². The minimum atomic E-state index is -0.981. The van der Waals surface area contributed by atoms with E-state index in [0.29, 0.717) is 6.42 Å². The van der Waals surface area contributed by atoms with Crippen molar-refractivity contribution in [1.29, 1.82) is 0 Å². The molecule has 0 heterocycles. The molecule has 0 aliphatic heterocycles. The van der Waals surface area contributed by atoms with Crippen molar-refractivity contribution in [3.05, 3.63) is 35.4 Å². The Bertz CT molecular complexity index is 368. The Labute approximate surface area is 85.8 Å². The molecule has 1 amide bonds. The van der Waals surface area contributed by atoms with Crippen molar-refractivity contribution >= 4 is 6.09 Å². The largest absolute Gasteiger partial charge is 0.441 e. The Morgan fingerprint density at radius 1 is 1.53 bits per heavy atom. The normalized spacial score (nSPS) is 12.2. The van der Waals surface area contributed by atoms with Crippen molar-refractivity contribution in [2.45, 2.75) is 19.4 Å². The van der Waals surface area contributed by atoms with Crippen LogP contribution in [0.3, 0.4) is 0 Å². The number of hydrogen-bond donors (Lipinski definition) is 1. The molecule has 0 saturated carbocycles. The zero-order valence-corrected chi connectivity index (χ0v) is 8.17. The van der Waals surface area contributed by atoms with Gasteiger partial charge in [0, 0.05) is 11.6 Å². The summed E-state index contributed by atoms with van der Waals surface area (Å²) in [5.74, 6) is -1.42. The van der Waals surface area contributed by atoms with Crippen molar-refractivity contribution < 1.29 is 18.3 Å². The van der Waals surface area contributed by atoms with Crippen molar-refractivity contribution in [1.82, 2.24) is 0 Å². The van der Waals surface area contributed by atoms with Crippen molar-refractivity contribution in [3.8, 4) is 0 Å². The molecule has 1 rings (SSSR count). The second-order valence-corrected chi connectivity index (χ2v) is 3.00. The maximum atomic E-state index is 13.3. The molecule has 1 aromatic carbocycles. The van der Waals surface area contributed by atoms with E-state index in [1.807, 2.05) is 0 Å². The molecular formula is C10H11F2NO2. The van der Waals surface area contributed by atoms with Gasteiger partial charge in [-0.3, -0.25) is 0 Å². The molecule has 0 saturated heterocycles. The van der Waals surface area contributed by atoms with Gasteiger partial charge in [-0.1, -0.05) is 6.92 Å².